The van der Waals surface area contributed by atoms with E-state index in [1.165, 1.54) is 12.1 Å². The van der Waals surface area contributed by atoms with Gasteiger partial charge in [-0.1, -0.05) is 36.4 Å². The first-order chi connectivity index (χ1) is 17.4. The van der Waals surface area contributed by atoms with Crippen LogP contribution in [0.1, 0.15) is 29.9 Å². The second-order valence-corrected chi connectivity index (χ2v) is 8.98. The molecule has 4 atom stereocenters. The number of halogens is 1. The summed E-state index contributed by atoms with van der Waals surface area (Å²) in [6.45, 7) is 3.76. The van der Waals surface area contributed by atoms with Crippen molar-refractivity contribution in [1.29, 1.82) is 0 Å². The van der Waals surface area contributed by atoms with Crippen molar-refractivity contribution in [2.75, 3.05) is 19.7 Å². The molecule has 0 saturated carbocycles. The minimum atomic E-state index is -1.10. The summed E-state index contributed by atoms with van der Waals surface area (Å²) in [6.07, 6.45) is 2.44. The molecule has 0 bridgehead atoms. The number of aliphatic hydroxyl groups excluding tert-OH is 2. The summed E-state index contributed by atoms with van der Waals surface area (Å²) in [5.41, 5.74) is 1.88. The van der Waals surface area contributed by atoms with E-state index in [0.29, 0.717) is 29.7 Å². The Morgan fingerprint density at radius 2 is 2.00 bits per heavy atom. The number of aliphatic hydroxyl groups is 2. The van der Waals surface area contributed by atoms with E-state index in [9.17, 15) is 24.2 Å². The smallest absolute Gasteiger partial charge is 0.247 e. The maximum Gasteiger partial charge on any atom is 0.247 e. The van der Waals surface area contributed by atoms with E-state index in [0.717, 1.165) is 5.56 Å². The molecule has 2 amide bonds. The molecule has 1 aliphatic carbocycles. The summed E-state index contributed by atoms with van der Waals surface area (Å²) >= 11 is 0. The predicted molar refractivity (Wildman–Crippen MR) is 133 cm³/mol. The van der Waals surface area contributed by atoms with Gasteiger partial charge in [-0.05, 0) is 42.7 Å². The number of nitrogens with one attached hydrogen (secondary N) is 1. The van der Waals surface area contributed by atoms with Crippen LogP contribution in [0, 0.1) is 5.82 Å². The van der Waals surface area contributed by atoms with Crippen LogP contribution in [0.3, 0.4) is 0 Å². The van der Waals surface area contributed by atoms with Gasteiger partial charge in [-0.25, -0.2) is 4.39 Å². The summed E-state index contributed by atoms with van der Waals surface area (Å²) in [7, 11) is 0. The van der Waals surface area contributed by atoms with E-state index in [2.05, 4.69) is 11.9 Å². The molecule has 0 radical (unpaired) electrons. The Kier molecular flexibility index (Phi) is 8.18. The number of amides is 2. The lowest BCUT2D eigenvalue weighted by Gasteiger charge is -2.41. The molecule has 7 nitrogen and oxygen atoms in total. The number of hydrogen-bond donors (Lipinski definition) is 3. The molecular formula is C28H31FN2O5. The fourth-order valence-electron chi connectivity index (χ4n) is 4.94. The molecule has 0 spiro atoms. The Hall–Kier alpha value is -3.49. The number of para-hydroxylation sites is 1. The molecule has 8 heteroatoms. The first-order valence-electron chi connectivity index (χ1n) is 12.1. The van der Waals surface area contributed by atoms with E-state index in [4.69, 9.17) is 4.74 Å². The van der Waals surface area contributed by atoms with Crippen LogP contribution in [0.4, 0.5) is 4.39 Å². The van der Waals surface area contributed by atoms with E-state index < -0.39 is 24.2 Å². The fraction of sp³-hybridized carbons (Fsp3) is 0.357. The number of carbonyl (C=O) groups is 2. The standard InChI is InChI=1S/C28H31FN2O5/c1-2-3-11-24(33)31(14-12-18-7-6-8-19(29)16-18)22-17-21(28(35)30-13-15-32)25-20-9-4-5-10-23(20)36-27(25)26(22)34/h2,4-10,16-17,22,25-27,32,34H,1,3,11-15H2,(H,30,35)/t22-,25+,26+,27+/m1/s1. The summed E-state index contributed by atoms with van der Waals surface area (Å²) in [5.74, 6) is -0.898. The molecule has 36 heavy (non-hydrogen) atoms. The van der Waals surface area contributed by atoms with Crippen molar-refractivity contribution >= 4 is 11.8 Å². The lowest BCUT2D eigenvalue weighted by Crippen LogP contribution is -2.56. The summed E-state index contributed by atoms with van der Waals surface area (Å²) in [4.78, 5) is 28.0. The highest BCUT2D eigenvalue weighted by Crippen LogP contribution is 2.47. The minimum Gasteiger partial charge on any atom is -0.486 e. The molecule has 2 aromatic carbocycles. The largest absolute Gasteiger partial charge is 0.486 e. The van der Waals surface area contributed by atoms with E-state index in [1.807, 2.05) is 18.2 Å². The van der Waals surface area contributed by atoms with Crippen LogP contribution in [0.15, 0.2) is 72.8 Å². The van der Waals surface area contributed by atoms with Gasteiger partial charge >= 0.3 is 0 Å². The van der Waals surface area contributed by atoms with Crippen LogP contribution in [0.25, 0.3) is 0 Å². The average molecular weight is 495 g/mol. The van der Waals surface area contributed by atoms with Gasteiger partial charge in [0.2, 0.25) is 11.8 Å². The van der Waals surface area contributed by atoms with Gasteiger partial charge in [-0.2, -0.15) is 0 Å². The molecule has 0 aromatic heterocycles. The van der Waals surface area contributed by atoms with Crippen molar-refractivity contribution in [2.24, 2.45) is 0 Å². The first kappa shape index (κ1) is 25.6. The van der Waals surface area contributed by atoms with Gasteiger partial charge < -0.3 is 25.2 Å². The number of benzene rings is 2. The average Bonchev–Trinajstić information content (AvgIpc) is 3.27. The third-order valence-electron chi connectivity index (χ3n) is 6.65. The second-order valence-electron chi connectivity index (χ2n) is 8.98. The summed E-state index contributed by atoms with van der Waals surface area (Å²) in [6, 6.07) is 12.6. The summed E-state index contributed by atoms with van der Waals surface area (Å²) in [5, 5.41) is 23.4. The van der Waals surface area contributed by atoms with Gasteiger partial charge in [0.1, 0.15) is 23.8 Å². The molecule has 3 N–H and O–H groups in total. The number of hydrogen-bond acceptors (Lipinski definition) is 5. The van der Waals surface area contributed by atoms with Crippen LogP contribution >= 0.6 is 0 Å². The second kappa shape index (κ2) is 11.5. The Labute approximate surface area is 209 Å². The van der Waals surface area contributed by atoms with Crippen LogP contribution in [0.2, 0.25) is 0 Å². The Balaban J connectivity index is 1.70. The number of carbonyl (C=O) groups excluding carboxylic acids is 2. The van der Waals surface area contributed by atoms with Crippen molar-refractivity contribution in [1.82, 2.24) is 10.2 Å². The van der Waals surface area contributed by atoms with E-state index in [1.54, 1.807) is 35.3 Å². The van der Waals surface area contributed by atoms with E-state index >= 15 is 0 Å². The van der Waals surface area contributed by atoms with Gasteiger partial charge in [0.05, 0.1) is 18.6 Å². The Bertz CT molecular complexity index is 1150. The van der Waals surface area contributed by atoms with Crippen molar-refractivity contribution in [2.45, 2.75) is 43.4 Å². The molecule has 0 unspecified atom stereocenters. The van der Waals surface area contributed by atoms with Gasteiger partial charge in [-0.15, -0.1) is 6.58 Å². The van der Waals surface area contributed by atoms with Crippen molar-refractivity contribution in [3.8, 4) is 5.75 Å². The summed E-state index contributed by atoms with van der Waals surface area (Å²) < 4.78 is 19.8. The Morgan fingerprint density at radius 3 is 2.75 bits per heavy atom. The van der Waals surface area contributed by atoms with Gasteiger partial charge in [-0.3, -0.25) is 9.59 Å². The molecule has 1 aliphatic heterocycles. The lowest BCUT2D eigenvalue weighted by atomic mass is 9.77. The highest BCUT2D eigenvalue weighted by Gasteiger charge is 2.50. The Morgan fingerprint density at radius 1 is 1.19 bits per heavy atom. The number of ether oxygens (including phenoxy) is 1. The van der Waals surface area contributed by atoms with Gasteiger partial charge in [0.25, 0.3) is 0 Å². The van der Waals surface area contributed by atoms with Crippen LogP contribution in [-0.2, 0) is 16.0 Å². The quantitative estimate of drug-likeness (QED) is 0.441. The zero-order valence-electron chi connectivity index (χ0n) is 20.0. The number of nitrogens with zero attached hydrogens (tertiary/aromatic N) is 1. The fourth-order valence-corrected chi connectivity index (χ4v) is 4.94. The SMILES string of the molecule is C=CCCC(=O)N(CCc1cccc(F)c1)[C@@H]1C=C(C(=O)NCCO)[C@@H]2c3ccccc3O[C@@H]2[C@H]1O. The monoisotopic (exact) mass is 494 g/mol. The normalized spacial score (nSPS) is 22.0. The van der Waals surface area contributed by atoms with Gasteiger partial charge in [0, 0.05) is 30.6 Å². The number of allylic oxidation sites excluding steroid dienone is 1. The highest BCUT2D eigenvalue weighted by atomic mass is 19.1. The van der Waals surface area contributed by atoms with Crippen LogP contribution < -0.4 is 10.1 Å². The molecule has 4 rings (SSSR count). The first-order valence-corrected chi connectivity index (χ1v) is 12.1. The maximum absolute atomic E-state index is 13.7. The van der Waals surface area contributed by atoms with Gasteiger partial charge in [0.15, 0.2) is 0 Å². The lowest BCUT2D eigenvalue weighted by molar-refractivity contribution is -0.137. The van der Waals surface area contributed by atoms with Crippen molar-refractivity contribution < 1.29 is 28.9 Å². The molecule has 2 aliphatic rings. The molecule has 2 aromatic rings. The molecule has 1 heterocycles. The predicted octanol–water partition coefficient (Wildman–Crippen LogP) is 2.49. The van der Waals surface area contributed by atoms with Crippen molar-refractivity contribution in [3.63, 3.8) is 0 Å². The number of fused-ring (bicyclic) bond motifs is 3. The topological polar surface area (TPSA) is 99.1 Å². The maximum atomic E-state index is 13.7. The number of rotatable bonds is 10. The van der Waals surface area contributed by atoms with Crippen LogP contribution in [0.5, 0.6) is 5.75 Å². The molecule has 0 fully saturated rings. The minimum absolute atomic E-state index is 0.0742. The molecular weight excluding hydrogens is 463 g/mol. The van der Waals surface area contributed by atoms with E-state index in [-0.39, 0.29) is 43.7 Å². The zero-order chi connectivity index (χ0) is 25.7. The molecule has 190 valence electrons. The van der Waals surface area contributed by atoms with Crippen LogP contribution in [-0.4, -0.2) is 64.9 Å². The molecule has 0 saturated heterocycles. The third kappa shape index (κ3) is 5.34. The highest BCUT2D eigenvalue weighted by molar-refractivity contribution is 5.96. The van der Waals surface area contributed by atoms with Crippen molar-refractivity contribution in [3.05, 3.63) is 89.8 Å². The zero-order valence-corrected chi connectivity index (χ0v) is 20.0. The third-order valence-corrected chi connectivity index (χ3v) is 6.65.